The van der Waals surface area contributed by atoms with E-state index in [1.54, 1.807) is 11.0 Å². The van der Waals surface area contributed by atoms with Gasteiger partial charge in [0, 0.05) is 6.54 Å². The van der Waals surface area contributed by atoms with Gasteiger partial charge in [0.15, 0.2) is 0 Å². The van der Waals surface area contributed by atoms with Gasteiger partial charge in [-0.15, -0.1) is 0 Å². The molecule has 2 N–H and O–H groups in total. The number of carboxylic acid groups (broad SMARTS) is 1. The number of hydrogen-bond donors (Lipinski definition) is 2. The lowest BCUT2D eigenvalue weighted by molar-refractivity contribution is -0.139. The van der Waals surface area contributed by atoms with Crippen LogP contribution in [-0.4, -0.2) is 31.9 Å². The molecule has 0 bridgehead atoms. The van der Waals surface area contributed by atoms with Crippen molar-refractivity contribution in [2.45, 2.75) is 46.2 Å². The second-order valence-corrected chi connectivity index (χ2v) is 6.88. The average Bonchev–Trinajstić information content (AvgIpc) is 3.00. The minimum atomic E-state index is -0.804. The van der Waals surface area contributed by atoms with Crippen molar-refractivity contribution < 1.29 is 9.90 Å². The Hall–Kier alpha value is -2.21. The van der Waals surface area contributed by atoms with Gasteiger partial charge < -0.3 is 10.4 Å². The summed E-state index contributed by atoms with van der Waals surface area (Å²) in [5.41, 5.74) is 2.05. The molecule has 6 heteroatoms. The number of nitrogens with zero attached hydrogens (tertiary/aromatic N) is 3. The first-order valence-corrected chi connectivity index (χ1v) is 7.75. The highest BCUT2D eigenvalue weighted by molar-refractivity contribution is 5.73. The van der Waals surface area contributed by atoms with Crippen LogP contribution in [0.25, 0.3) is 5.69 Å². The maximum atomic E-state index is 11.4. The maximum absolute atomic E-state index is 11.4. The molecule has 0 fully saturated rings. The molecule has 1 heterocycles. The summed E-state index contributed by atoms with van der Waals surface area (Å²) in [7, 11) is 0. The van der Waals surface area contributed by atoms with Crippen molar-refractivity contribution in [1.82, 2.24) is 20.1 Å². The van der Waals surface area contributed by atoms with Gasteiger partial charge in [-0.25, -0.2) is 9.67 Å². The normalized spacial score (nSPS) is 13.0. The van der Waals surface area contributed by atoms with E-state index in [9.17, 15) is 9.90 Å². The van der Waals surface area contributed by atoms with Gasteiger partial charge in [-0.05, 0) is 36.0 Å². The summed E-state index contributed by atoms with van der Waals surface area (Å²) in [5, 5.41) is 16.6. The predicted molar refractivity (Wildman–Crippen MR) is 88.3 cm³/mol. The van der Waals surface area contributed by atoms with Crippen LogP contribution in [0.15, 0.2) is 36.9 Å². The minimum absolute atomic E-state index is 0.127. The van der Waals surface area contributed by atoms with E-state index in [0.717, 1.165) is 17.7 Å². The van der Waals surface area contributed by atoms with Crippen LogP contribution in [0.2, 0.25) is 0 Å². The summed E-state index contributed by atoms with van der Waals surface area (Å²) in [6.07, 6.45) is 4.59. The van der Waals surface area contributed by atoms with Gasteiger partial charge in [0.1, 0.15) is 18.7 Å². The molecule has 6 nitrogen and oxygen atoms in total. The quantitative estimate of drug-likeness (QED) is 0.821. The van der Waals surface area contributed by atoms with Crippen LogP contribution in [0.5, 0.6) is 0 Å². The highest BCUT2D eigenvalue weighted by Gasteiger charge is 2.20. The standard InChI is InChI=1S/C17H24N4O2/c1-17(2,3)8-7-15(16(22)23)19-10-13-5-4-6-14(9-13)21-12-18-11-20-21/h4-6,9,11-12,15,19H,7-8,10H2,1-3H3,(H,22,23)/t15-/m0/s1. The molecule has 1 aromatic carbocycles. The van der Waals surface area contributed by atoms with Gasteiger partial charge >= 0.3 is 5.97 Å². The second-order valence-electron chi connectivity index (χ2n) is 6.88. The number of aromatic nitrogens is 3. The van der Waals surface area contributed by atoms with E-state index >= 15 is 0 Å². The molecule has 0 amide bonds. The molecule has 1 aromatic heterocycles. The summed E-state index contributed by atoms with van der Waals surface area (Å²) in [6.45, 7) is 6.86. The molecule has 0 spiro atoms. The summed E-state index contributed by atoms with van der Waals surface area (Å²) in [6, 6.07) is 7.27. The van der Waals surface area contributed by atoms with Crippen molar-refractivity contribution in [2.24, 2.45) is 5.41 Å². The summed E-state index contributed by atoms with van der Waals surface area (Å²) < 4.78 is 1.68. The number of aliphatic carboxylic acids is 1. The van der Waals surface area contributed by atoms with Crippen LogP contribution in [0.3, 0.4) is 0 Å². The molecule has 0 unspecified atom stereocenters. The number of benzene rings is 1. The van der Waals surface area contributed by atoms with Crippen LogP contribution in [0.4, 0.5) is 0 Å². The molecule has 0 aliphatic carbocycles. The molecular formula is C17H24N4O2. The third kappa shape index (κ3) is 5.49. The van der Waals surface area contributed by atoms with Gasteiger partial charge in [0.05, 0.1) is 5.69 Å². The van der Waals surface area contributed by atoms with E-state index in [0.29, 0.717) is 13.0 Å². The Labute approximate surface area is 136 Å². The number of nitrogens with one attached hydrogen (secondary N) is 1. The highest BCUT2D eigenvalue weighted by Crippen LogP contribution is 2.21. The molecule has 0 saturated heterocycles. The predicted octanol–water partition coefficient (Wildman–Crippen LogP) is 2.64. The third-order valence-electron chi connectivity index (χ3n) is 3.63. The number of carboxylic acids is 1. The van der Waals surface area contributed by atoms with Crippen LogP contribution in [0.1, 0.15) is 39.2 Å². The molecule has 124 valence electrons. The highest BCUT2D eigenvalue weighted by atomic mass is 16.4. The maximum Gasteiger partial charge on any atom is 0.320 e. The van der Waals surface area contributed by atoms with E-state index in [-0.39, 0.29) is 5.41 Å². The van der Waals surface area contributed by atoms with Crippen molar-refractivity contribution in [2.75, 3.05) is 0 Å². The Bertz CT molecular complexity index is 632. The molecular weight excluding hydrogens is 292 g/mol. The van der Waals surface area contributed by atoms with E-state index in [2.05, 4.69) is 36.2 Å². The van der Waals surface area contributed by atoms with Gasteiger partial charge in [-0.2, -0.15) is 5.10 Å². The Morgan fingerprint density at radius 3 is 2.78 bits per heavy atom. The Morgan fingerprint density at radius 2 is 2.17 bits per heavy atom. The lowest BCUT2D eigenvalue weighted by Crippen LogP contribution is -2.37. The zero-order valence-electron chi connectivity index (χ0n) is 13.9. The summed E-state index contributed by atoms with van der Waals surface area (Å²) in [5.74, 6) is -0.804. The van der Waals surface area contributed by atoms with Gasteiger partial charge in [0.25, 0.3) is 0 Å². The summed E-state index contributed by atoms with van der Waals surface area (Å²) in [4.78, 5) is 15.3. The smallest absolute Gasteiger partial charge is 0.320 e. The molecule has 0 aliphatic heterocycles. The second kappa shape index (κ2) is 7.37. The van der Waals surface area contributed by atoms with E-state index in [1.165, 1.54) is 6.33 Å². The van der Waals surface area contributed by atoms with Gasteiger partial charge in [-0.3, -0.25) is 4.79 Å². The first-order chi connectivity index (χ1) is 10.8. The fraction of sp³-hybridized carbons (Fsp3) is 0.471. The van der Waals surface area contributed by atoms with Crippen molar-refractivity contribution in [3.63, 3.8) is 0 Å². The molecule has 2 aromatic rings. The molecule has 2 rings (SSSR count). The first-order valence-electron chi connectivity index (χ1n) is 7.75. The van der Waals surface area contributed by atoms with E-state index < -0.39 is 12.0 Å². The van der Waals surface area contributed by atoms with Gasteiger partial charge in [-0.1, -0.05) is 32.9 Å². The topological polar surface area (TPSA) is 80.0 Å². The zero-order valence-corrected chi connectivity index (χ0v) is 13.9. The lowest BCUT2D eigenvalue weighted by atomic mass is 9.88. The molecule has 0 saturated carbocycles. The number of carbonyl (C=O) groups is 1. The van der Waals surface area contributed by atoms with Crippen LogP contribution in [-0.2, 0) is 11.3 Å². The molecule has 23 heavy (non-hydrogen) atoms. The monoisotopic (exact) mass is 316 g/mol. The van der Waals surface area contributed by atoms with E-state index in [1.807, 2.05) is 24.3 Å². The van der Waals surface area contributed by atoms with Crippen molar-refractivity contribution in [1.29, 1.82) is 0 Å². The molecule has 1 atom stereocenters. The van der Waals surface area contributed by atoms with Crippen LogP contribution >= 0.6 is 0 Å². The third-order valence-corrected chi connectivity index (χ3v) is 3.63. The Balaban J connectivity index is 1.98. The Kier molecular flexibility index (Phi) is 5.50. The summed E-state index contributed by atoms with van der Waals surface area (Å²) >= 11 is 0. The van der Waals surface area contributed by atoms with Gasteiger partial charge in [0.2, 0.25) is 0 Å². The number of hydrogen-bond acceptors (Lipinski definition) is 4. The molecule has 0 aliphatic rings. The van der Waals surface area contributed by atoms with Crippen molar-refractivity contribution in [3.05, 3.63) is 42.5 Å². The zero-order chi connectivity index (χ0) is 16.9. The number of rotatable bonds is 7. The molecule has 0 radical (unpaired) electrons. The fourth-order valence-electron chi connectivity index (χ4n) is 2.28. The minimum Gasteiger partial charge on any atom is -0.480 e. The van der Waals surface area contributed by atoms with Crippen LogP contribution < -0.4 is 5.32 Å². The van der Waals surface area contributed by atoms with Crippen LogP contribution in [0, 0.1) is 5.41 Å². The SMILES string of the molecule is CC(C)(C)CC[C@H](NCc1cccc(-n2cncn2)c1)C(=O)O. The van der Waals surface area contributed by atoms with Crippen molar-refractivity contribution in [3.8, 4) is 5.69 Å². The fourth-order valence-corrected chi connectivity index (χ4v) is 2.28. The Morgan fingerprint density at radius 1 is 1.39 bits per heavy atom. The van der Waals surface area contributed by atoms with Crippen molar-refractivity contribution >= 4 is 5.97 Å². The largest absolute Gasteiger partial charge is 0.480 e. The first kappa shape index (κ1) is 17.1. The van der Waals surface area contributed by atoms with E-state index in [4.69, 9.17) is 0 Å². The lowest BCUT2D eigenvalue weighted by Gasteiger charge is -2.21. The average molecular weight is 316 g/mol.